The highest BCUT2D eigenvalue weighted by molar-refractivity contribution is 7.10. The number of amides is 1. The van der Waals surface area contributed by atoms with Gasteiger partial charge in [-0.15, -0.1) is 11.3 Å². The van der Waals surface area contributed by atoms with Crippen LogP contribution in [0, 0.1) is 0 Å². The lowest BCUT2D eigenvalue weighted by Crippen LogP contribution is -2.38. The van der Waals surface area contributed by atoms with Crippen LogP contribution in [0.5, 0.6) is 0 Å². The molecule has 0 saturated carbocycles. The SMILES string of the molecule is COCc1nc2cc(C(F)(F)F)ccc2n1C1CCN(C(=O)C=Cc2cccs2)CC1. The van der Waals surface area contributed by atoms with Crippen LogP contribution in [0.2, 0.25) is 0 Å². The number of thiophene rings is 1. The van der Waals surface area contributed by atoms with E-state index >= 15 is 0 Å². The Hall–Kier alpha value is -2.65. The second-order valence-electron chi connectivity index (χ2n) is 7.44. The Morgan fingerprint density at radius 3 is 2.71 bits per heavy atom. The van der Waals surface area contributed by atoms with Crippen molar-refractivity contribution in [1.29, 1.82) is 0 Å². The largest absolute Gasteiger partial charge is 0.416 e. The number of methoxy groups -OCH3 is 1. The minimum atomic E-state index is -4.41. The van der Waals surface area contributed by atoms with Gasteiger partial charge in [0.2, 0.25) is 5.91 Å². The number of hydrogen-bond acceptors (Lipinski definition) is 4. The highest BCUT2D eigenvalue weighted by Gasteiger charge is 2.32. The van der Waals surface area contributed by atoms with Gasteiger partial charge in [0.1, 0.15) is 12.4 Å². The van der Waals surface area contributed by atoms with E-state index in [-0.39, 0.29) is 18.6 Å². The average Bonchev–Trinajstić information content (AvgIpc) is 3.39. The van der Waals surface area contributed by atoms with Crippen molar-refractivity contribution in [3.8, 4) is 0 Å². The Kier molecular flexibility index (Phi) is 6.15. The molecule has 0 atom stereocenters. The summed E-state index contributed by atoms with van der Waals surface area (Å²) in [5.41, 5.74) is 0.244. The van der Waals surface area contributed by atoms with Gasteiger partial charge in [0.05, 0.1) is 16.6 Å². The molecule has 3 heterocycles. The molecule has 5 nitrogen and oxygen atoms in total. The fourth-order valence-electron chi connectivity index (χ4n) is 3.95. The summed E-state index contributed by atoms with van der Waals surface area (Å²) in [6.45, 7) is 1.36. The highest BCUT2D eigenvalue weighted by atomic mass is 32.1. The number of piperidine rings is 1. The molecule has 1 aromatic carbocycles. The molecule has 0 spiro atoms. The van der Waals surface area contributed by atoms with Gasteiger partial charge >= 0.3 is 6.18 Å². The standard InChI is InChI=1S/C22H22F3N3O2S/c1-30-14-20-26-18-13-15(22(23,24)25)4-6-19(18)28(20)16-8-10-27(11-9-16)21(29)7-5-17-3-2-12-31-17/h2-7,12-13,16H,8-11,14H2,1H3. The summed E-state index contributed by atoms with van der Waals surface area (Å²) in [4.78, 5) is 19.7. The van der Waals surface area contributed by atoms with Crippen molar-refractivity contribution >= 4 is 34.4 Å². The molecule has 1 aliphatic heterocycles. The van der Waals surface area contributed by atoms with Gasteiger partial charge in [0.15, 0.2) is 0 Å². The van der Waals surface area contributed by atoms with Crippen LogP contribution in [-0.2, 0) is 22.3 Å². The number of likely N-dealkylation sites (tertiary alicyclic amines) is 1. The molecule has 3 aromatic rings. The van der Waals surface area contributed by atoms with Gasteiger partial charge in [-0.2, -0.15) is 13.2 Å². The minimum Gasteiger partial charge on any atom is -0.377 e. The number of alkyl halides is 3. The molecular weight excluding hydrogens is 427 g/mol. The van der Waals surface area contributed by atoms with E-state index in [0.29, 0.717) is 42.8 Å². The topological polar surface area (TPSA) is 47.4 Å². The van der Waals surface area contributed by atoms with E-state index in [0.717, 1.165) is 17.0 Å². The molecule has 1 aliphatic rings. The van der Waals surface area contributed by atoms with E-state index < -0.39 is 11.7 Å². The molecular formula is C22H22F3N3O2S. The third kappa shape index (κ3) is 4.67. The lowest BCUT2D eigenvalue weighted by molar-refractivity contribution is -0.137. The first-order valence-corrected chi connectivity index (χ1v) is 10.8. The molecule has 0 unspecified atom stereocenters. The summed E-state index contributed by atoms with van der Waals surface area (Å²) in [5.74, 6) is 0.563. The number of carbonyl (C=O) groups is 1. The molecule has 1 saturated heterocycles. The van der Waals surface area contributed by atoms with Crippen molar-refractivity contribution in [3.63, 3.8) is 0 Å². The normalized spacial score (nSPS) is 15.9. The van der Waals surface area contributed by atoms with Crippen molar-refractivity contribution < 1.29 is 22.7 Å². The molecule has 9 heteroatoms. The maximum atomic E-state index is 13.1. The summed E-state index contributed by atoms with van der Waals surface area (Å²) in [6.07, 6.45) is 0.385. The molecule has 0 bridgehead atoms. The van der Waals surface area contributed by atoms with Crippen LogP contribution >= 0.6 is 11.3 Å². The van der Waals surface area contributed by atoms with Crippen LogP contribution in [0.3, 0.4) is 0 Å². The Balaban J connectivity index is 1.52. The maximum absolute atomic E-state index is 13.1. The molecule has 31 heavy (non-hydrogen) atoms. The van der Waals surface area contributed by atoms with E-state index in [4.69, 9.17) is 4.74 Å². The second-order valence-corrected chi connectivity index (χ2v) is 8.42. The van der Waals surface area contributed by atoms with Crippen molar-refractivity contribution in [2.24, 2.45) is 0 Å². The van der Waals surface area contributed by atoms with Gasteiger partial charge in [0, 0.05) is 37.2 Å². The molecule has 1 amide bonds. The predicted molar refractivity (Wildman–Crippen MR) is 114 cm³/mol. The van der Waals surface area contributed by atoms with Crippen LogP contribution in [0.15, 0.2) is 41.8 Å². The second kappa shape index (κ2) is 8.84. The number of fused-ring (bicyclic) bond motifs is 1. The Morgan fingerprint density at radius 1 is 1.29 bits per heavy atom. The smallest absolute Gasteiger partial charge is 0.377 e. The zero-order valence-electron chi connectivity index (χ0n) is 16.9. The van der Waals surface area contributed by atoms with Crippen LogP contribution in [0.1, 0.15) is 35.1 Å². The van der Waals surface area contributed by atoms with Crippen molar-refractivity contribution in [2.45, 2.75) is 31.7 Å². The Morgan fingerprint density at radius 2 is 2.06 bits per heavy atom. The first-order chi connectivity index (χ1) is 14.9. The number of ether oxygens (including phenoxy) is 1. The Labute approximate surface area is 181 Å². The quantitative estimate of drug-likeness (QED) is 0.507. The number of nitrogens with zero attached hydrogens (tertiary/aromatic N) is 3. The number of hydrogen-bond donors (Lipinski definition) is 0. The summed E-state index contributed by atoms with van der Waals surface area (Å²) in [5, 5.41) is 1.96. The van der Waals surface area contributed by atoms with Crippen LogP contribution in [-0.4, -0.2) is 40.6 Å². The zero-order chi connectivity index (χ0) is 22.0. The Bertz CT molecular complexity index is 1080. The van der Waals surface area contributed by atoms with Crippen LogP contribution < -0.4 is 0 Å². The number of aromatic nitrogens is 2. The third-order valence-electron chi connectivity index (χ3n) is 5.44. The first kappa shape index (κ1) is 21.6. The molecule has 2 aromatic heterocycles. The van der Waals surface area contributed by atoms with Gasteiger partial charge in [-0.3, -0.25) is 4.79 Å². The number of rotatable bonds is 5. The van der Waals surface area contributed by atoms with Crippen molar-refractivity contribution in [1.82, 2.24) is 14.5 Å². The van der Waals surface area contributed by atoms with Crippen LogP contribution in [0.25, 0.3) is 17.1 Å². The van der Waals surface area contributed by atoms with Gasteiger partial charge in [-0.05, 0) is 48.6 Å². The molecule has 4 rings (SSSR count). The molecule has 0 N–H and O–H groups in total. The fraction of sp³-hybridized carbons (Fsp3) is 0.364. The van der Waals surface area contributed by atoms with Crippen molar-refractivity contribution in [3.05, 3.63) is 58.1 Å². The molecule has 164 valence electrons. The van der Waals surface area contributed by atoms with E-state index in [1.54, 1.807) is 22.3 Å². The average molecular weight is 449 g/mol. The van der Waals surface area contributed by atoms with Crippen LogP contribution in [0.4, 0.5) is 13.2 Å². The fourth-order valence-corrected chi connectivity index (χ4v) is 4.57. The maximum Gasteiger partial charge on any atom is 0.416 e. The number of carbonyl (C=O) groups excluding carboxylic acids is 1. The number of benzene rings is 1. The summed E-state index contributed by atoms with van der Waals surface area (Å²) in [6, 6.07) is 7.57. The van der Waals surface area contributed by atoms with E-state index in [9.17, 15) is 18.0 Å². The third-order valence-corrected chi connectivity index (χ3v) is 6.28. The van der Waals surface area contributed by atoms with Crippen molar-refractivity contribution in [2.75, 3.05) is 20.2 Å². The monoisotopic (exact) mass is 449 g/mol. The summed E-state index contributed by atoms with van der Waals surface area (Å²) in [7, 11) is 1.53. The minimum absolute atomic E-state index is 0.0331. The molecule has 0 aliphatic carbocycles. The predicted octanol–water partition coefficient (Wildman–Crippen LogP) is 5.14. The lowest BCUT2D eigenvalue weighted by atomic mass is 10.0. The van der Waals surface area contributed by atoms with E-state index in [1.807, 2.05) is 28.2 Å². The van der Waals surface area contributed by atoms with E-state index in [1.165, 1.54) is 13.2 Å². The summed E-state index contributed by atoms with van der Waals surface area (Å²) >= 11 is 1.57. The zero-order valence-corrected chi connectivity index (χ0v) is 17.7. The first-order valence-electron chi connectivity index (χ1n) is 9.94. The molecule has 1 fully saturated rings. The summed E-state index contributed by atoms with van der Waals surface area (Å²) < 4.78 is 46.5. The van der Waals surface area contributed by atoms with Gasteiger partial charge in [-0.1, -0.05) is 6.07 Å². The highest BCUT2D eigenvalue weighted by Crippen LogP contribution is 2.34. The van der Waals surface area contributed by atoms with E-state index in [2.05, 4.69) is 4.98 Å². The van der Waals surface area contributed by atoms with Gasteiger partial charge in [-0.25, -0.2) is 4.98 Å². The number of imidazole rings is 1. The lowest BCUT2D eigenvalue weighted by Gasteiger charge is -2.33. The number of halogens is 3. The molecule has 0 radical (unpaired) electrons. The van der Waals surface area contributed by atoms with Gasteiger partial charge < -0.3 is 14.2 Å². The van der Waals surface area contributed by atoms with Gasteiger partial charge in [0.25, 0.3) is 0 Å².